The summed E-state index contributed by atoms with van der Waals surface area (Å²) in [7, 11) is -3.93. The van der Waals surface area contributed by atoms with Crippen LogP contribution in [0.15, 0.2) is 47.6 Å². The summed E-state index contributed by atoms with van der Waals surface area (Å²) in [6, 6.07) is 0. The highest BCUT2D eigenvalue weighted by Gasteiger charge is 2.50. The lowest BCUT2D eigenvalue weighted by molar-refractivity contribution is -0.145. The van der Waals surface area contributed by atoms with Crippen molar-refractivity contribution in [1.29, 1.82) is 0 Å². The fourth-order valence-corrected chi connectivity index (χ4v) is 10.9. The van der Waals surface area contributed by atoms with Crippen molar-refractivity contribution in [2.45, 2.75) is 175 Å². The van der Waals surface area contributed by atoms with Crippen LogP contribution in [0.3, 0.4) is 0 Å². The van der Waals surface area contributed by atoms with Crippen molar-refractivity contribution >= 4 is 22.6 Å². The van der Waals surface area contributed by atoms with Gasteiger partial charge in [0.05, 0.1) is 12.2 Å². The SMILES string of the molecule is C=C1/C(=C\C=C2\CCC[C@]3(C)[C@@H]([C@H](C)C=C[C@H](OC(C)=O)C4CC4)CC[C@@H]23)C[C@@H](O[Si](C)(C)C(C)(C)C)C[C@@H]1O[Si](C)(C)C(C)(C)C. The molecule has 47 heavy (non-hydrogen) atoms. The number of carbonyl (C=O) groups excluding carboxylic acids is 1. The summed E-state index contributed by atoms with van der Waals surface area (Å²) in [5.41, 5.74) is 4.42. The van der Waals surface area contributed by atoms with E-state index in [1.807, 2.05) is 0 Å². The fraction of sp³-hybridized carbons (Fsp3) is 0.780. The minimum absolute atomic E-state index is 0.00984. The lowest BCUT2D eigenvalue weighted by Gasteiger charge is -2.45. The number of rotatable bonds is 10. The first kappa shape index (κ1) is 38.6. The zero-order valence-corrected chi connectivity index (χ0v) is 34.6. The summed E-state index contributed by atoms with van der Waals surface area (Å²) in [5.74, 6) is 2.09. The number of esters is 1. The lowest BCUT2D eigenvalue weighted by atomic mass is 9.61. The summed E-state index contributed by atoms with van der Waals surface area (Å²) in [4.78, 5) is 11.7. The molecule has 266 valence electrons. The van der Waals surface area contributed by atoms with Crippen LogP contribution in [0.4, 0.5) is 0 Å². The minimum Gasteiger partial charge on any atom is -0.458 e. The molecule has 4 nitrogen and oxygen atoms in total. The highest BCUT2D eigenvalue weighted by atomic mass is 28.4. The molecule has 0 heterocycles. The van der Waals surface area contributed by atoms with Gasteiger partial charge in [-0.1, -0.05) is 85.8 Å². The van der Waals surface area contributed by atoms with E-state index in [2.05, 4.69) is 112 Å². The van der Waals surface area contributed by atoms with Gasteiger partial charge in [-0.25, -0.2) is 0 Å². The van der Waals surface area contributed by atoms with E-state index in [9.17, 15) is 4.79 Å². The summed E-state index contributed by atoms with van der Waals surface area (Å²) in [5, 5.41) is 0.309. The van der Waals surface area contributed by atoms with Gasteiger partial charge in [-0.2, -0.15) is 0 Å². The van der Waals surface area contributed by atoms with Crippen molar-refractivity contribution in [3.63, 3.8) is 0 Å². The van der Waals surface area contributed by atoms with Crippen LogP contribution in [0.1, 0.15) is 120 Å². The molecular formula is C41H70O4Si2. The molecule has 0 aromatic heterocycles. The van der Waals surface area contributed by atoms with E-state index in [4.69, 9.17) is 13.6 Å². The summed E-state index contributed by atoms with van der Waals surface area (Å²) in [6.45, 7) is 34.6. The predicted molar refractivity (Wildman–Crippen MR) is 203 cm³/mol. The Kier molecular flexibility index (Phi) is 11.6. The van der Waals surface area contributed by atoms with Crippen molar-refractivity contribution in [1.82, 2.24) is 0 Å². The van der Waals surface area contributed by atoms with Gasteiger partial charge in [0, 0.05) is 13.3 Å². The Morgan fingerprint density at radius 3 is 2.13 bits per heavy atom. The second-order valence-corrected chi connectivity index (χ2v) is 28.5. The number of ether oxygens (including phenoxy) is 1. The Labute approximate surface area is 291 Å². The van der Waals surface area contributed by atoms with Gasteiger partial charge in [0.15, 0.2) is 16.6 Å². The third-order valence-electron chi connectivity index (χ3n) is 13.4. The second kappa shape index (κ2) is 14.2. The molecule has 4 fully saturated rings. The molecule has 4 aliphatic rings. The van der Waals surface area contributed by atoms with Gasteiger partial charge in [-0.15, -0.1) is 0 Å². The summed E-state index contributed by atoms with van der Waals surface area (Å²) in [6.07, 6.45) is 20.0. The van der Waals surface area contributed by atoms with Gasteiger partial charge in [0.1, 0.15) is 6.10 Å². The third-order valence-corrected chi connectivity index (χ3v) is 22.4. The summed E-state index contributed by atoms with van der Waals surface area (Å²) < 4.78 is 19.9. The smallest absolute Gasteiger partial charge is 0.303 e. The van der Waals surface area contributed by atoms with Crippen LogP contribution in [0.5, 0.6) is 0 Å². The maximum Gasteiger partial charge on any atom is 0.303 e. The molecule has 0 saturated heterocycles. The number of hydrogen-bond donors (Lipinski definition) is 0. The molecule has 0 aromatic rings. The maximum atomic E-state index is 11.7. The van der Waals surface area contributed by atoms with Crippen LogP contribution in [0.2, 0.25) is 36.3 Å². The van der Waals surface area contributed by atoms with Crippen LogP contribution in [0, 0.1) is 29.1 Å². The second-order valence-electron chi connectivity index (χ2n) is 19.0. The average molecular weight is 683 g/mol. The van der Waals surface area contributed by atoms with Crippen molar-refractivity contribution in [3.8, 4) is 0 Å². The minimum atomic E-state index is -1.99. The molecule has 0 radical (unpaired) electrons. The molecule has 4 rings (SSSR count). The van der Waals surface area contributed by atoms with E-state index in [-0.39, 0.29) is 34.4 Å². The molecule has 4 saturated carbocycles. The first-order valence-electron chi connectivity index (χ1n) is 18.9. The Bertz CT molecular complexity index is 1240. The van der Waals surface area contributed by atoms with E-state index < -0.39 is 16.6 Å². The quantitative estimate of drug-likeness (QED) is 0.131. The van der Waals surface area contributed by atoms with E-state index >= 15 is 0 Å². The van der Waals surface area contributed by atoms with Gasteiger partial charge < -0.3 is 13.6 Å². The number of fused-ring (bicyclic) bond motifs is 1. The van der Waals surface area contributed by atoms with Gasteiger partial charge in [0.2, 0.25) is 0 Å². The van der Waals surface area contributed by atoms with Crippen LogP contribution in [-0.2, 0) is 18.4 Å². The standard InChI is InChI=1S/C41H70O4Si2/c1-28(17-24-37(32-19-20-32)43-30(3)42)35-22-23-36-31(16-15-25-41(35,36)10)18-21-33-26-34(44-46(11,12)39(4,5)6)27-38(29(33)2)45-47(13,14)40(7,8)9/h17-18,21,24,28,32,34-38H,2,15-16,19-20,22-23,25-27H2,1,3-14H3/b24-17?,31-18-,33-21-/t28-,34-,35-,36+,37+,38+,41-/m1/s1. The summed E-state index contributed by atoms with van der Waals surface area (Å²) >= 11 is 0. The monoisotopic (exact) mass is 682 g/mol. The number of hydrogen-bond acceptors (Lipinski definition) is 4. The Balaban J connectivity index is 1.56. The molecule has 6 heteroatoms. The Morgan fingerprint density at radius 2 is 1.55 bits per heavy atom. The van der Waals surface area contributed by atoms with E-state index in [0.29, 0.717) is 29.1 Å². The zero-order valence-electron chi connectivity index (χ0n) is 32.6. The van der Waals surface area contributed by atoms with Gasteiger partial charge in [-0.05, 0) is 134 Å². The van der Waals surface area contributed by atoms with Gasteiger partial charge in [0.25, 0.3) is 0 Å². The van der Waals surface area contributed by atoms with Crippen molar-refractivity contribution in [3.05, 3.63) is 47.6 Å². The zero-order chi connectivity index (χ0) is 35.2. The molecule has 4 aliphatic carbocycles. The average Bonchev–Trinajstić information content (AvgIpc) is 3.71. The highest BCUT2D eigenvalue weighted by molar-refractivity contribution is 6.74. The molecule has 0 unspecified atom stereocenters. The molecular weight excluding hydrogens is 613 g/mol. The Morgan fingerprint density at radius 1 is 0.936 bits per heavy atom. The molecule has 0 spiro atoms. The number of allylic oxidation sites excluding steroid dienone is 4. The lowest BCUT2D eigenvalue weighted by Crippen LogP contribution is -2.49. The molecule has 0 bridgehead atoms. The van der Waals surface area contributed by atoms with E-state index in [0.717, 1.165) is 12.8 Å². The Hall–Kier alpha value is -1.22. The third kappa shape index (κ3) is 8.94. The molecule has 0 aromatic carbocycles. The van der Waals surface area contributed by atoms with Crippen LogP contribution < -0.4 is 0 Å². The fourth-order valence-electron chi connectivity index (χ4n) is 8.24. The van der Waals surface area contributed by atoms with Crippen molar-refractivity contribution in [2.75, 3.05) is 0 Å². The van der Waals surface area contributed by atoms with Crippen LogP contribution in [0.25, 0.3) is 0 Å². The van der Waals surface area contributed by atoms with Crippen LogP contribution >= 0.6 is 0 Å². The van der Waals surface area contributed by atoms with E-state index in [1.54, 1.807) is 5.57 Å². The topological polar surface area (TPSA) is 44.8 Å². The molecule has 0 aliphatic heterocycles. The van der Waals surface area contributed by atoms with Crippen molar-refractivity contribution in [2.24, 2.45) is 29.1 Å². The predicted octanol–water partition coefficient (Wildman–Crippen LogP) is 11.7. The van der Waals surface area contributed by atoms with Gasteiger partial charge in [-0.3, -0.25) is 4.79 Å². The first-order chi connectivity index (χ1) is 21.6. The van der Waals surface area contributed by atoms with Crippen molar-refractivity contribution < 1.29 is 18.4 Å². The molecule has 0 amide bonds. The molecule has 7 atom stereocenters. The van der Waals surface area contributed by atoms with E-state index in [1.165, 1.54) is 63.0 Å². The number of carbonyl (C=O) groups is 1. The van der Waals surface area contributed by atoms with Crippen LogP contribution in [-0.4, -0.2) is 40.9 Å². The largest absolute Gasteiger partial charge is 0.458 e. The first-order valence-corrected chi connectivity index (χ1v) is 24.7. The maximum absolute atomic E-state index is 11.7. The highest BCUT2D eigenvalue weighted by Crippen LogP contribution is 2.59. The normalized spacial score (nSPS) is 32.6. The van der Waals surface area contributed by atoms with Gasteiger partial charge >= 0.3 is 5.97 Å². The molecule has 0 N–H and O–H groups in total.